The van der Waals surface area contributed by atoms with Crippen molar-refractivity contribution in [2.75, 3.05) is 0 Å². The number of rotatable bonds is 3. The van der Waals surface area contributed by atoms with Gasteiger partial charge in [-0.05, 0) is 18.3 Å². The zero-order valence-electron chi connectivity index (χ0n) is 6.10. The van der Waals surface area contributed by atoms with Crippen molar-refractivity contribution in [3.05, 3.63) is 10.6 Å². The molecule has 1 N–H and O–H groups in total. The number of carbonyl (C=O) groups is 1. The van der Waals surface area contributed by atoms with Gasteiger partial charge in [-0.3, -0.25) is 4.79 Å². The van der Waals surface area contributed by atoms with Gasteiger partial charge in [-0.25, -0.2) is 0 Å². The first-order valence-corrected chi connectivity index (χ1v) is 4.04. The number of halogens is 1. The molecular formula is C7H11BrO2. The summed E-state index contributed by atoms with van der Waals surface area (Å²) in [5.41, 5.74) is 0.433. The largest absolute Gasteiger partial charge is 0.388 e. The Morgan fingerprint density at radius 3 is 2.40 bits per heavy atom. The smallest absolute Gasteiger partial charge is 0.158 e. The van der Waals surface area contributed by atoms with Gasteiger partial charge in [0.05, 0.1) is 6.10 Å². The van der Waals surface area contributed by atoms with Gasteiger partial charge in [0, 0.05) is 5.57 Å². The van der Waals surface area contributed by atoms with Crippen molar-refractivity contribution in [3.8, 4) is 0 Å². The van der Waals surface area contributed by atoms with Crippen LogP contribution in [-0.4, -0.2) is 17.0 Å². The molecule has 0 rings (SSSR count). The van der Waals surface area contributed by atoms with Crippen LogP contribution in [-0.2, 0) is 4.79 Å². The van der Waals surface area contributed by atoms with Crippen LogP contribution in [0.2, 0.25) is 0 Å². The van der Waals surface area contributed by atoms with Gasteiger partial charge in [-0.2, -0.15) is 0 Å². The third kappa shape index (κ3) is 2.62. The molecule has 10 heavy (non-hydrogen) atoms. The molecule has 0 spiro atoms. The number of carbonyl (C=O) groups excluding carboxylic acids is 1. The van der Waals surface area contributed by atoms with Crippen LogP contribution in [0.5, 0.6) is 0 Å². The maximum atomic E-state index is 10.7. The average molecular weight is 207 g/mol. The van der Waals surface area contributed by atoms with Crippen LogP contribution < -0.4 is 0 Å². The topological polar surface area (TPSA) is 37.3 Å². The van der Waals surface area contributed by atoms with Crippen LogP contribution in [0.1, 0.15) is 20.3 Å². The van der Waals surface area contributed by atoms with Crippen LogP contribution in [0, 0.1) is 0 Å². The molecule has 0 radical (unpaired) electrons. The number of hydrogen-bond acceptors (Lipinski definition) is 2. The summed E-state index contributed by atoms with van der Waals surface area (Å²) >= 11 is 3.01. The third-order valence-electron chi connectivity index (χ3n) is 1.27. The standard InChI is InChI=1S/C7H11BrO2/c1-3-7(10)6(4-8)5(2)9/h4,7,10H,3H2,1-2H3/b6-4+. The van der Waals surface area contributed by atoms with Gasteiger partial charge in [-0.15, -0.1) is 0 Å². The van der Waals surface area contributed by atoms with E-state index in [-0.39, 0.29) is 5.78 Å². The zero-order valence-corrected chi connectivity index (χ0v) is 7.68. The molecular weight excluding hydrogens is 196 g/mol. The number of hydrogen-bond donors (Lipinski definition) is 1. The highest BCUT2D eigenvalue weighted by atomic mass is 79.9. The number of aliphatic hydroxyl groups is 1. The van der Waals surface area contributed by atoms with Crippen molar-refractivity contribution in [1.82, 2.24) is 0 Å². The summed E-state index contributed by atoms with van der Waals surface area (Å²) in [7, 11) is 0. The molecule has 2 nitrogen and oxygen atoms in total. The van der Waals surface area contributed by atoms with E-state index in [4.69, 9.17) is 5.11 Å². The van der Waals surface area contributed by atoms with Gasteiger partial charge < -0.3 is 5.11 Å². The minimum absolute atomic E-state index is 0.0915. The van der Waals surface area contributed by atoms with Crippen molar-refractivity contribution in [1.29, 1.82) is 0 Å². The maximum Gasteiger partial charge on any atom is 0.158 e. The van der Waals surface area contributed by atoms with Gasteiger partial charge in [-0.1, -0.05) is 22.9 Å². The van der Waals surface area contributed by atoms with E-state index < -0.39 is 6.10 Å². The molecule has 1 atom stereocenters. The first kappa shape index (κ1) is 9.85. The second-order valence-electron chi connectivity index (χ2n) is 2.04. The second-order valence-corrected chi connectivity index (χ2v) is 2.50. The fourth-order valence-electron chi connectivity index (χ4n) is 0.604. The molecule has 0 amide bonds. The van der Waals surface area contributed by atoms with Gasteiger partial charge in [0.25, 0.3) is 0 Å². The lowest BCUT2D eigenvalue weighted by Gasteiger charge is -2.07. The monoisotopic (exact) mass is 206 g/mol. The van der Waals surface area contributed by atoms with E-state index in [0.29, 0.717) is 12.0 Å². The summed E-state index contributed by atoms with van der Waals surface area (Å²) < 4.78 is 0. The summed E-state index contributed by atoms with van der Waals surface area (Å²) in [6.07, 6.45) is -0.0614. The fraction of sp³-hybridized carbons (Fsp3) is 0.571. The Hall–Kier alpha value is -0.150. The molecule has 0 saturated heterocycles. The lowest BCUT2D eigenvalue weighted by atomic mass is 10.1. The van der Waals surface area contributed by atoms with Crippen molar-refractivity contribution in [2.45, 2.75) is 26.4 Å². The summed E-state index contributed by atoms with van der Waals surface area (Å²) in [6.45, 7) is 3.26. The Bertz CT molecular complexity index is 152. The second kappa shape index (κ2) is 4.63. The fourth-order valence-corrected chi connectivity index (χ4v) is 1.23. The molecule has 0 aliphatic rings. The minimum Gasteiger partial charge on any atom is -0.388 e. The van der Waals surface area contributed by atoms with Crippen molar-refractivity contribution in [2.24, 2.45) is 0 Å². The van der Waals surface area contributed by atoms with E-state index in [0.717, 1.165) is 0 Å². The molecule has 58 valence electrons. The molecule has 0 fully saturated rings. The highest BCUT2D eigenvalue weighted by molar-refractivity contribution is 9.11. The van der Waals surface area contributed by atoms with Crippen molar-refractivity contribution in [3.63, 3.8) is 0 Å². The van der Waals surface area contributed by atoms with E-state index in [2.05, 4.69) is 15.9 Å². The van der Waals surface area contributed by atoms with Crippen molar-refractivity contribution < 1.29 is 9.90 Å². The minimum atomic E-state index is -0.628. The Morgan fingerprint density at radius 1 is 1.80 bits per heavy atom. The highest BCUT2D eigenvalue weighted by Crippen LogP contribution is 2.09. The van der Waals surface area contributed by atoms with Crippen molar-refractivity contribution >= 4 is 21.7 Å². The van der Waals surface area contributed by atoms with E-state index in [1.54, 1.807) is 0 Å². The van der Waals surface area contributed by atoms with E-state index in [1.165, 1.54) is 11.9 Å². The lowest BCUT2D eigenvalue weighted by Crippen LogP contribution is -2.14. The first-order valence-electron chi connectivity index (χ1n) is 3.12. The Kier molecular flexibility index (Phi) is 4.56. The Balaban J connectivity index is 4.23. The van der Waals surface area contributed by atoms with Crippen LogP contribution in [0.4, 0.5) is 0 Å². The first-order chi connectivity index (χ1) is 4.63. The number of aliphatic hydroxyl groups excluding tert-OH is 1. The van der Waals surface area contributed by atoms with E-state index >= 15 is 0 Å². The SMILES string of the molecule is CCC(O)/C(=C/Br)C(C)=O. The maximum absolute atomic E-state index is 10.7. The number of Topliss-reactive ketones (excluding diaryl/α,β-unsaturated/α-hetero) is 1. The molecule has 1 unspecified atom stereocenters. The molecule has 0 aromatic carbocycles. The van der Waals surface area contributed by atoms with Crippen LogP contribution in [0.3, 0.4) is 0 Å². The molecule has 3 heteroatoms. The summed E-state index contributed by atoms with van der Waals surface area (Å²) in [5, 5.41) is 9.17. The predicted octanol–water partition coefficient (Wildman–Crippen LogP) is 1.63. The Morgan fingerprint density at radius 2 is 2.30 bits per heavy atom. The van der Waals surface area contributed by atoms with E-state index in [1.807, 2.05) is 6.92 Å². The van der Waals surface area contributed by atoms with Gasteiger partial charge in [0.1, 0.15) is 0 Å². The van der Waals surface area contributed by atoms with Crippen LogP contribution >= 0.6 is 15.9 Å². The molecule has 0 aliphatic heterocycles. The van der Waals surface area contributed by atoms with Gasteiger partial charge in [0.2, 0.25) is 0 Å². The molecule has 0 saturated carbocycles. The molecule has 0 aromatic rings. The average Bonchev–Trinajstić information content (AvgIpc) is 1.88. The predicted molar refractivity (Wildman–Crippen MR) is 44.0 cm³/mol. The van der Waals surface area contributed by atoms with Crippen LogP contribution in [0.15, 0.2) is 10.6 Å². The summed E-state index contributed by atoms with van der Waals surface area (Å²) in [5.74, 6) is -0.0915. The van der Waals surface area contributed by atoms with Gasteiger partial charge in [0.15, 0.2) is 5.78 Å². The molecule has 0 heterocycles. The molecule has 0 bridgehead atoms. The summed E-state index contributed by atoms with van der Waals surface area (Å²) in [6, 6.07) is 0. The third-order valence-corrected chi connectivity index (χ3v) is 1.76. The summed E-state index contributed by atoms with van der Waals surface area (Å²) in [4.78, 5) is 12.2. The molecule has 0 aromatic heterocycles. The normalized spacial score (nSPS) is 15.0. The van der Waals surface area contributed by atoms with Gasteiger partial charge >= 0.3 is 0 Å². The Labute approximate surface area is 69.1 Å². The quantitative estimate of drug-likeness (QED) is 0.714. The van der Waals surface area contributed by atoms with Crippen LogP contribution in [0.25, 0.3) is 0 Å². The zero-order chi connectivity index (χ0) is 8.15. The highest BCUT2D eigenvalue weighted by Gasteiger charge is 2.11. The lowest BCUT2D eigenvalue weighted by molar-refractivity contribution is -0.114. The van der Waals surface area contributed by atoms with E-state index in [9.17, 15) is 4.79 Å². The molecule has 0 aliphatic carbocycles. The number of ketones is 1.